The van der Waals surface area contributed by atoms with Crippen molar-refractivity contribution in [1.82, 2.24) is 0 Å². The molecule has 0 saturated carbocycles. The topological polar surface area (TPSA) is 58.6 Å². The van der Waals surface area contributed by atoms with E-state index >= 15 is 0 Å². The fraction of sp³-hybridized carbons (Fsp3) is 1.00. The van der Waals surface area contributed by atoms with Gasteiger partial charge in [0.15, 0.2) is 0 Å². The molecule has 0 amide bonds. The molecule has 12 heavy (non-hydrogen) atoms. The van der Waals surface area contributed by atoms with E-state index in [0.717, 1.165) is 0 Å². The first-order chi connectivity index (χ1) is 5.54. The summed E-state index contributed by atoms with van der Waals surface area (Å²) in [6.07, 6.45) is 1.81. The Kier molecular flexibility index (Phi) is 6.23. The molecule has 0 aliphatic heterocycles. The van der Waals surface area contributed by atoms with Gasteiger partial charge >= 0.3 is 7.60 Å². The van der Waals surface area contributed by atoms with Crippen molar-refractivity contribution in [2.45, 2.75) is 13.8 Å². The summed E-state index contributed by atoms with van der Waals surface area (Å²) in [5, 5.41) is 0. The summed E-state index contributed by atoms with van der Waals surface area (Å²) in [6, 6.07) is 0. The molecule has 0 radical (unpaired) electrons. The lowest BCUT2D eigenvalue weighted by atomic mass is 10.9. The molecule has 0 aromatic rings. The van der Waals surface area contributed by atoms with Crippen molar-refractivity contribution in [3.8, 4) is 0 Å². The van der Waals surface area contributed by atoms with Crippen LogP contribution in [0, 0.1) is 0 Å². The van der Waals surface area contributed by atoms with E-state index in [4.69, 9.17) is 9.05 Å². The van der Waals surface area contributed by atoms with Crippen molar-refractivity contribution in [3.05, 3.63) is 0 Å². The van der Waals surface area contributed by atoms with Gasteiger partial charge in [0.25, 0.3) is 0 Å². The Bertz CT molecular complexity index is 162. The number of hydrogen-bond acceptors (Lipinski definition) is 4. The van der Waals surface area contributed by atoms with Crippen LogP contribution < -0.4 is 0 Å². The van der Waals surface area contributed by atoms with E-state index < -0.39 is 18.8 Å². The Morgan fingerprint density at radius 2 is 2.00 bits per heavy atom. The van der Waals surface area contributed by atoms with Gasteiger partial charge < -0.3 is 9.08 Å². The van der Waals surface area contributed by atoms with E-state index in [-0.39, 0.29) is 5.94 Å². The van der Waals surface area contributed by atoms with Gasteiger partial charge in [-0.3, -0.25) is 9.09 Å². The average Bonchev–Trinajstić information content (AvgIpc) is 2.02. The standard InChI is InChI=1S/C6H15O4PS/c1-4-9-11(7,5-2)10-6-12(3)8/h4-6H2,1-3H3. The van der Waals surface area contributed by atoms with Gasteiger partial charge in [-0.15, -0.1) is 0 Å². The third-order valence-electron chi connectivity index (χ3n) is 1.13. The third kappa shape index (κ3) is 5.17. The molecule has 0 saturated heterocycles. The maximum atomic E-state index is 11.5. The van der Waals surface area contributed by atoms with E-state index in [2.05, 4.69) is 0 Å². The van der Waals surface area contributed by atoms with E-state index in [1.807, 2.05) is 0 Å². The lowest BCUT2D eigenvalue weighted by Gasteiger charge is -2.15. The summed E-state index contributed by atoms with van der Waals surface area (Å²) in [4.78, 5) is 0. The monoisotopic (exact) mass is 214 g/mol. The van der Waals surface area contributed by atoms with Crippen LogP contribution in [0.2, 0.25) is 0 Å². The average molecular weight is 214 g/mol. The highest BCUT2D eigenvalue weighted by molar-refractivity contribution is 7.90. The van der Waals surface area contributed by atoms with E-state index in [0.29, 0.717) is 12.8 Å². The van der Waals surface area contributed by atoms with Crippen LogP contribution in [0.25, 0.3) is 0 Å². The van der Waals surface area contributed by atoms with Crippen molar-refractivity contribution in [2.75, 3.05) is 25.0 Å². The Labute approximate surface area is 76.3 Å². The minimum atomic E-state index is -2.95. The molecular weight excluding hydrogens is 199 g/mol. The molecule has 0 rings (SSSR count). The van der Waals surface area contributed by atoms with Crippen LogP contribution >= 0.6 is 7.60 Å². The lowest BCUT2D eigenvalue weighted by Crippen LogP contribution is -2.08. The summed E-state index contributed by atoms with van der Waals surface area (Å²) < 4.78 is 32.0. The van der Waals surface area contributed by atoms with Crippen LogP contribution in [0.3, 0.4) is 0 Å². The molecule has 4 nitrogen and oxygen atoms in total. The number of hydrogen-bond donors (Lipinski definition) is 0. The highest BCUT2D eigenvalue weighted by atomic mass is 32.2. The second-order valence-corrected chi connectivity index (χ2v) is 5.92. The first-order valence-corrected chi connectivity index (χ1v) is 7.17. The Morgan fingerprint density at radius 1 is 1.42 bits per heavy atom. The van der Waals surface area contributed by atoms with Gasteiger partial charge in [-0.1, -0.05) is 6.92 Å². The maximum absolute atomic E-state index is 11.5. The first-order valence-electron chi connectivity index (χ1n) is 3.72. The zero-order chi connectivity index (χ0) is 9.61. The molecule has 0 heterocycles. The van der Waals surface area contributed by atoms with Crippen LogP contribution in [0.5, 0.6) is 0 Å². The van der Waals surface area contributed by atoms with Crippen molar-refractivity contribution in [2.24, 2.45) is 0 Å². The van der Waals surface area contributed by atoms with Crippen molar-refractivity contribution in [3.63, 3.8) is 0 Å². The van der Waals surface area contributed by atoms with Gasteiger partial charge in [0.1, 0.15) is 0 Å². The summed E-state index contributed by atoms with van der Waals surface area (Å²) in [6.45, 7) is 3.81. The minimum absolute atomic E-state index is 0.0227. The predicted octanol–water partition coefficient (Wildman–Crippen LogP) is 1.59. The normalized spacial score (nSPS) is 18.7. The van der Waals surface area contributed by atoms with Crippen molar-refractivity contribution < 1.29 is 18.2 Å². The Morgan fingerprint density at radius 3 is 2.33 bits per heavy atom. The molecule has 0 aliphatic rings. The second-order valence-electron chi connectivity index (χ2n) is 2.17. The smallest absolute Gasteiger partial charge is 0.334 e. The molecule has 0 aliphatic carbocycles. The molecule has 74 valence electrons. The van der Waals surface area contributed by atoms with Crippen LogP contribution in [0.1, 0.15) is 13.8 Å². The minimum Gasteiger partial charge on any atom is -0.615 e. The van der Waals surface area contributed by atoms with Crippen LogP contribution in [0.15, 0.2) is 0 Å². The van der Waals surface area contributed by atoms with Gasteiger partial charge in [-0.05, 0) is 18.1 Å². The van der Waals surface area contributed by atoms with E-state index in [1.165, 1.54) is 6.26 Å². The van der Waals surface area contributed by atoms with E-state index in [1.54, 1.807) is 13.8 Å². The van der Waals surface area contributed by atoms with Crippen molar-refractivity contribution >= 4 is 18.8 Å². The lowest BCUT2D eigenvalue weighted by molar-refractivity contribution is 0.236. The van der Waals surface area contributed by atoms with Crippen LogP contribution in [-0.2, 0) is 24.8 Å². The quantitative estimate of drug-likeness (QED) is 0.497. The summed E-state index contributed by atoms with van der Waals surface area (Å²) >= 11 is -1.09. The fourth-order valence-corrected chi connectivity index (χ4v) is 2.64. The summed E-state index contributed by atoms with van der Waals surface area (Å²) in [7, 11) is -2.95. The molecule has 2 atom stereocenters. The molecule has 0 aromatic heterocycles. The first kappa shape index (κ1) is 12.5. The summed E-state index contributed by atoms with van der Waals surface area (Å²) in [5.41, 5.74) is 0. The second kappa shape index (κ2) is 6.00. The molecule has 0 N–H and O–H groups in total. The zero-order valence-electron chi connectivity index (χ0n) is 7.61. The highest BCUT2D eigenvalue weighted by Crippen LogP contribution is 2.47. The maximum Gasteiger partial charge on any atom is 0.334 e. The molecule has 2 unspecified atom stereocenters. The van der Waals surface area contributed by atoms with Crippen molar-refractivity contribution in [1.29, 1.82) is 0 Å². The summed E-state index contributed by atoms with van der Waals surface area (Å²) in [5.74, 6) is -0.0227. The van der Waals surface area contributed by atoms with Gasteiger partial charge in [0.2, 0.25) is 5.94 Å². The highest BCUT2D eigenvalue weighted by Gasteiger charge is 2.22. The Balaban J connectivity index is 3.88. The van der Waals surface area contributed by atoms with E-state index in [9.17, 15) is 9.12 Å². The Hall–Kier alpha value is 0.460. The van der Waals surface area contributed by atoms with Gasteiger partial charge in [0, 0.05) is 6.16 Å². The molecule has 0 spiro atoms. The molecular formula is C6H15O4PS. The largest absolute Gasteiger partial charge is 0.615 e. The molecule has 0 aromatic carbocycles. The molecule has 6 heteroatoms. The molecule has 0 fully saturated rings. The van der Waals surface area contributed by atoms with Gasteiger partial charge in [0.05, 0.1) is 12.9 Å². The predicted molar refractivity (Wildman–Crippen MR) is 49.8 cm³/mol. The fourth-order valence-electron chi connectivity index (χ4n) is 0.571. The number of rotatable bonds is 6. The molecule has 0 bridgehead atoms. The van der Waals surface area contributed by atoms with Crippen LogP contribution in [-0.4, -0.2) is 29.5 Å². The zero-order valence-corrected chi connectivity index (χ0v) is 9.32. The van der Waals surface area contributed by atoms with Crippen LogP contribution in [0.4, 0.5) is 0 Å². The SMILES string of the molecule is CCOP(=O)(CC)OC[S+](C)[O-]. The third-order valence-corrected chi connectivity index (χ3v) is 3.70. The van der Waals surface area contributed by atoms with Gasteiger partial charge in [-0.2, -0.15) is 0 Å². The van der Waals surface area contributed by atoms with Gasteiger partial charge in [-0.25, -0.2) is 0 Å².